The Kier molecular flexibility index (Phi) is 20.0. The molecule has 0 atom stereocenters. The van der Waals surface area contributed by atoms with Crippen molar-refractivity contribution in [1.29, 1.82) is 0 Å². The zero-order valence-electron chi connectivity index (χ0n) is 32.2. The number of rotatable bonds is 16. The fraction of sp³-hybridized carbons (Fsp3) is 0.622. The second-order valence-corrected chi connectivity index (χ2v) is 14.0. The summed E-state index contributed by atoms with van der Waals surface area (Å²) >= 11 is 0. The lowest BCUT2D eigenvalue weighted by molar-refractivity contribution is -0.159. The number of anilines is 2. The number of carbonyl (C=O) groups excluding carboxylic acids is 2. The molecule has 20 heteroatoms. The number of carboxylic acid groups (broad SMARTS) is 4. The molecular weight excluding hydrogens is 746 g/mol. The first-order valence-electron chi connectivity index (χ1n) is 19.2. The van der Waals surface area contributed by atoms with Gasteiger partial charge in [0.1, 0.15) is 0 Å². The van der Waals surface area contributed by atoms with Crippen molar-refractivity contribution in [2.45, 2.75) is 64.2 Å². The molecule has 1 saturated carbocycles. The van der Waals surface area contributed by atoms with Crippen LogP contribution < -0.4 is 15.1 Å². The summed E-state index contributed by atoms with van der Waals surface area (Å²) in [5.74, 6) is -5.77. The number of piperazine rings is 2. The first-order valence-corrected chi connectivity index (χ1v) is 19.2. The van der Waals surface area contributed by atoms with Crippen LogP contribution in [0.5, 0.6) is 0 Å². The van der Waals surface area contributed by atoms with Crippen LogP contribution in [0.15, 0.2) is 36.9 Å². The van der Waals surface area contributed by atoms with Gasteiger partial charge in [0.15, 0.2) is 0 Å². The molecule has 0 bridgehead atoms. The quantitative estimate of drug-likeness (QED) is 0.0903. The van der Waals surface area contributed by atoms with Crippen molar-refractivity contribution < 1.29 is 53.9 Å². The van der Waals surface area contributed by atoms with E-state index in [1.165, 1.54) is 0 Å². The topological polar surface area (TPSA) is 269 Å². The van der Waals surface area contributed by atoms with Crippen molar-refractivity contribution in [2.75, 3.05) is 88.4 Å². The fourth-order valence-corrected chi connectivity index (χ4v) is 6.87. The first kappa shape index (κ1) is 45.9. The Morgan fingerprint density at radius 2 is 1.02 bits per heavy atom. The van der Waals surface area contributed by atoms with E-state index in [1.54, 1.807) is 24.8 Å². The zero-order valence-corrected chi connectivity index (χ0v) is 32.2. The maximum Gasteiger partial charge on any atom is 0.414 e. The molecule has 2 saturated heterocycles. The predicted octanol–water partition coefficient (Wildman–Crippen LogP) is 1.08. The van der Waals surface area contributed by atoms with Crippen LogP contribution in [0.25, 0.3) is 0 Å². The molecule has 3 aliphatic rings. The third-order valence-corrected chi connectivity index (χ3v) is 9.85. The molecule has 0 aromatic carbocycles. The Hall–Kier alpha value is -5.50. The normalized spacial score (nSPS) is 16.6. The number of carboxylic acids is 4. The molecule has 4 heterocycles. The highest BCUT2D eigenvalue weighted by molar-refractivity contribution is 6.27. The van der Waals surface area contributed by atoms with Crippen LogP contribution in [-0.2, 0) is 33.5 Å². The van der Waals surface area contributed by atoms with Crippen molar-refractivity contribution in [3.05, 3.63) is 36.9 Å². The number of unbranched alkanes of at least 4 members (excludes halogenated alkanes) is 2. The van der Waals surface area contributed by atoms with Crippen molar-refractivity contribution in [3.8, 4) is 0 Å². The van der Waals surface area contributed by atoms with E-state index >= 15 is 0 Å². The number of nitrogens with one attached hydrogen (secondary N) is 1. The van der Waals surface area contributed by atoms with Crippen LogP contribution >= 0.6 is 0 Å². The van der Waals surface area contributed by atoms with E-state index in [1.807, 2.05) is 12.1 Å². The first-order chi connectivity index (χ1) is 27.4. The minimum atomic E-state index is -1.82. The summed E-state index contributed by atoms with van der Waals surface area (Å²) in [4.78, 5) is 88.8. The molecule has 0 unspecified atom stereocenters. The molecule has 5 rings (SSSR count). The minimum Gasteiger partial charge on any atom is -0.473 e. The van der Waals surface area contributed by atoms with Gasteiger partial charge in [-0.05, 0) is 69.2 Å². The number of aromatic nitrogens is 4. The molecule has 3 fully saturated rings. The lowest BCUT2D eigenvalue weighted by Gasteiger charge is -2.34. The Morgan fingerprint density at radius 1 is 0.596 bits per heavy atom. The van der Waals surface area contributed by atoms with E-state index in [0.717, 1.165) is 129 Å². The number of hydrogen-bond acceptors (Lipinski definition) is 15. The standard InChI is InChI=1S/C33H51N9O3.2C2H2O4/c43-29(34-11-3-4-16-39-18-22-41(23-19-39)31-35-12-7-13-36-31)27-33(9-1-2-10-33)28-30(44)45-26-6-5-17-40-20-24-42(25-21-40)32-37-14-8-15-38-32;2*3-1(4)2(5)6/h7-8,12-15H,1-6,9-11,16-28H2,(H,34,43);2*(H,3,4)(H,5,6). The Morgan fingerprint density at radius 3 is 1.44 bits per heavy atom. The Balaban J connectivity index is 0.000000631. The maximum atomic E-state index is 12.9. The Labute approximate surface area is 331 Å². The molecular formula is C37H55N9O11. The van der Waals surface area contributed by atoms with Crippen molar-refractivity contribution in [3.63, 3.8) is 0 Å². The van der Waals surface area contributed by atoms with Gasteiger partial charge in [0.05, 0.1) is 13.0 Å². The van der Waals surface area contributed by atoms with E-state index in [0.29, 0.717) is 26.0 Å². The van der Waals surface area contributed by atoms with Gasteiger partial charge < -0.3 is 40.3 Å². The predicted molar refractivity (Wildman–Crippen MR) is 204 cm³/mol. The molecule has 20 nitrogen and oxygen atoms in total. The van der Waals surface area contributed by atoms with Crippen molar-refractivity contribution in [1.82, 2.24) is 35.1 Å². The second-order valence-electron chi connectivity index (χ2n) is 14.0. The van der Waals surface area contributed by atoms with Gasteiger partial charge in [0, 0.05) is 90.1 Å². The second kappa shape index (κ2) is 24.9. The largest absolute Gasteiger partial charge is 0.473 e. The number of ether oxygens (including phenoxy) is 1. The summed E-state index contributed by atoms with van der Waals surface area (Å²) < 4.78 is 5.65. The molecule has 57 heavy (non-hydrogen) atoms. The van der Waals surface area contributed by atoms with E-state index in [2.05, 4.69) is 44.9 Å². The van der Waals surface area contributed by atoms with Gasteiger partial charge >= 0.3 is 29.8 Å². The summed E-state index contributed by atoms with van der Waals surface area (Å²) in [5, 5.41) is 32.7. The van der Waals surface area contributed by atoms with Gasteiger partial charge in [-0.15, -0.1) is 0 Å². The fourth-order valence-electron chi connectivity index (χ4n) is 6.87. The van der Waals surface area contributed by atoms with E-state index in [4.69, 9.17) is 44.3 Å². The molecule has 5 N–H and O–H groups in total. The van der Waals surface area contributed by atoms with Gasteiger partial charge in [-0.3, -0.25) is 19.4 Å². The number of hydrogen-bond donors (Lipinski definition) is 5. The lowest BCUT2D eigenvalue weighted by atomic mass is 9.79. The monoisotopic (exact) mass is 801 g/mol. The minimum absolute atomic E-state index is 0.0695. The zero-order chi connectivity index (χ0) is 41.5. The van der Waals surface area contributed by atoms with Crippen LogP contribution in [0.1, 0.15) is 64.2 Å². The van der Waals surface area contributed by atoms with Gasteiger partial charge in [-0.2, -0.15) is 0 Å². The summed E-state index contributed by atoms with van der Waals surface area (Å²) in [6.07, 6.45) is 15.8. The molecule has 1 aliphatic carbocycles. The number of nitrogens with zero attached hydrogens (tertiary/aromatic N) is 8. The van der Waals surface area contributed by atoms with Crippen LogP contribution in [0.3, 0.4) is 0 Å². The molecule has 2 aromatic rings. The lowest BCUT2D eigenvalue weighted by Crippen LogP contribution is -2.47. The number of esters is 1. The highest BCUT2D eigenvalue weighted by Crippen LogP contribution is 2.44. The molecule has 1 amide bonds. The third kappa shape index (κ3) is 17.9. The summed E-state index contributed by atoms with van der Waals surface area (Å²) in [7, 11) is 0. The molecule has 314 valence electrons. The maximum absolute atomic E-state index is 12.9. The van der Waals surface area contributed by atoms with E-state index < -0.39 is 23.9 Å². The van der Waals surface area contributed by atoms with Gasteiger partial charge in [-0.1, -0.05) is 12.8 Å². The highest BCUT2D eigenvalue weighted by Gasteiger charge is 2.38. The summed E-state index contributed by atoms with van der Waals surface area (Å²) in [6, 6.07) is 3.68. The molecule has 0 radical (unpaired) electrons. The summed E-state index contributed by atoms with van der Waals surface area (Å²) in [6.45, 7) is 10.9. The van der Waals surface area contributed by atoms with Gasteiger partial charge in [0.25, 0.3) is 0 Å². The molecule has 2 aliphatic heterocycles. The smallest absolute Gasteiger partial charge is 0.414 e. The number of carbonyl (C=O) groups is 6. The van der Waals surface area contributed by atoms with Crippen LogP contribution in [0.2, 0.25) is 0 Å². The average Bonchev–Trinajstić information content (AvgIpc) is 3.66. The Bertz CT molecular complexity index is 1420. The number of amides is 1. The number of aliphatic carboxylic acids is 4. The van der Waals surface area contributed by atoms with Gasteiger partial charge in [0.2, 0.25) is 17.8 Å². The van der Waals surface area contributed by atoms with E-state index in [-0.39, 0.29) is 17.3 Å². The van der Waals surface area contributed by atoms with Gasteiger partial charge in [-0.25, -0.2) is 39.1 Å². The molecule has 0 spiro atoms. The summed E-state index contributed by atoms with van der Waals surface area (Å²) in [5.41, 5.74) is -0.245. The van der Waals surface area contributed by atoms with Crippen LogP contribution in [0, 0.1) is 5.41 Å². The van der Waals surface area contributed by atoms with Crippen molar-refractivity contribution >= 4 is 47.7 Å². The third-order valence-electron chi connectivity index (χ3n) is 9.85. The highest BCUT2D eigenvalue weighted by atomic mass is 16.5. The van der Waals surface area contributed by atoms with Crippen molar-refractivity contribution in [2.24, 2.45) is 5.41 Å². The SMILES string of the molecule is O=C(CC1(CC(=O)OCCCCN2CCN(c3ncccn3)CC2)CCCC1)NCCCCN1CCN(c2ncccn2)CC1.O=C(O)C(=O)O.O=C(O)C(=O)O. The molecule has 2 aromatic heterocycles. The van der Waals surface area contributed by atoms with Crippen LogP contribution in [0.4, 0.5) is 11.9 Å². The van der Waals surface area contributed by atoms with Crippen LogP contribution in [-0.4, -0.2) is 165 Å². The average molecular weight is 802 g/mol. The van der Waals surface area contributed by atoms with E-state index in [9.17, 15) is 9.59 Å².